The minimum absolute atomic E-state index is 0.497. The largest absolute Gasteiger partial charge is 0.370 e. The summed E-state index contributed by atoms with van der Waals surface area (Å²) in [7, 11) is 0. The van der Waals surface area contributed by atoms with Crippen molar-refractivity contribution in [2.24, 2.45) is 5.92 Å². The van der Waals surface area contributed by atoms with Crippen molar-refractivity contribution in [1.29, 1.82) is 0 Å². The van der Waals surface area contributed by atoms with Crippen LogP contribution in [0.5, 0.6) is 0 Å². The van der Waals surface area contributed by atoms with E-state index < -0.39 is 0 Å². The van der Waals surface area contributed by atoms with E-state index in [1.807, 2.05) is 6.26 Å². The molecule has 0 amide bonds. The van der Waals surface area contributed by atoms with Crippen LogP contribution in [-0.4, -0.2) is 35.9 Å². The van der Waals surface area contributed by atoms with Crippen molar-refractivity contribution in [2.45, 2.75) is 18.0 Å². The number of hydrogen-bond acceptors (Lipinski definition) is 5. The second-order valence-corrected chi connectivity index (χ2v) is 5.30. The molecule has 17 heavy (non-hydrogen) atoms. The molecule has 6 heteroatoms. The van der Waals surface area contributed by atoms with Gasteiger partial charge < -0.3 is 10.6 Å². The van der Waals surface area contributed by atoms with E-state index in [4.69, 9.17) is 11.6 Å². The number of rotatable bonds is 4. The van der Waals surface area contributed by atoms with Gasteiger partial charge in [-0.15, -0.1) is 0 Å². The van der Waals surface area contributed by atoms with Crippen LogP contribution < -0.4 is 10.6 Å². The molecule has 1 aromatic heterocycles. The molecule has 0 spiro atoms. The average Bonchev–Trinajstić information content (AvgIpc) is 2.37. The Morgan fingerprint density at radius 1 is 1.47 bits per heavy atom. The third-order valence-electron chi connectivity index (χ3n) is 2.89. The van der Waals surface area contributed by atoms with Crippen molar-refractivity contribution in [2.75, 3.05) is 31.2 Å². The molecule has 0 atom stereocenters. The Kier molecular flexibility index (Phi) is 4.88. The number of hydrogen-bond donors (Lipinski definition) is 2. The SMILES string of the molecule is CSc1nc(Cl)cc(NCC2CCNCC2)n1. The predicted octanol–water partition coefficient (Wildman–Crippen LogP) is 2.26. The molecule has 0 saturated carbocycles. The molecule has 2 heterocycles. The van der Waals surface area contributed by atoms with Gasteiger partial charge in [-0.2, -0.15) is 0 Å². The van der Waals surface area contributed by atoms with Crippen LogP contribution in [0.4, 0.5) is 5.82 Å². The van der Waals surface area contributed by atoms with Crippen LogP contribution in [0.3, 0.4) is 0 Å². The monoisotopic (exact) mass is 272 g/mol. The van der Waals surface area contributed by atoms with E-state index in [0.29, 0.717) is 10.3 Å². The van der Waals surface area contributed by atoms with Crippen LogP contribution >= 0.6 is 23.4 Å². The summed E-state index contributed by atoms with van der Waals surface area (Å²) in [5.74, 6) is 1.55. The first-order valence-corrected chi connectivity index (χ1v) is 7.41. The van der Waals surface area contributed by atoms with Crippen molar-refractivity contribution in [3.63, 3.8) is 0 Å². The van der Waals surface area contributed by atoms with Crippen molar-refractivity contribution >= 4 is 29.2 Å². The smallest absolute Gasteiger partial charge is 0.190 e. The Morgan fingerprint density at radius 3 is 2.94 bits per heavy atom. The highest BCUT2D eigenvalue weighted by Crippen LogP contribution is 2.18. The van der Waals surface area contributed by atoms with Crippen LogP contribution in [0.1, 0.15) is 12.8 Å². The lowest BCUT2D eigenvalue weighted by atomic mass is 9.98. The van der Waals surface area contributed by atoms with E-state index in [2.05, 4.69) is 20.6 Å². The predicted molar refractivity (Wildman–Crippen MR) is 72.9 cm³/mol. The van der Waals surface area contributed by atoms with E-state index in [-0.39, 0.29) is 0 Å². The van der Waals surface area contributed by atoms with Gasteiger partial charge in [0.2, 0.25) is 0 Å². The first-order valence-electron chi connectivity index (χ1n) is 5.81. The van der Waals surface area contributed by atoms with Gasteiger partial charge in [0.05, 0.1) is 0 Å². The van der Waals surface area contributed by atoms with Gasteiger partial charge in [0.25, 0.3) is 0 Å². The van der Waals surface area contributed by atoms with E-state index in [1.54, 1.807) is 6.07 Å². The summed E-state index contributed by atoms with van der Waals surface area (Å²) in [6.07, 6.45) is 4.39. The molecule has 1 fully saturated rings. The molecular weight excluding hydrogens is 256 g/mol. The summed E-state index contributed by atoms with van der Waals surface area (Å²) >= 11 is 7.44. The van der Waals surface area contributed by atoms with Gasteiger partial charge in [0.1, 0.15) is 11.0 Å². The summed E-state index contributed by atoms with van der Waals surface area (Å²) in [6, 6.07) is 1.78. The highest BCUT2D eigenvalue weighted by molar-refractivity contribution is 7.98. The molecule has 1 aromatic rings. The number of nitrogens with one attached hydrogen (secondary N) is 2. The number of thioether (sulfide) groups is 1. The van der Waals surface area contributed by atoms with Gasteiger partial charge >= 0.3 is 0 Å². The average molecular weight is 273 g/mol. The molecule has 0 bridgehead atoms. The van der Waals surface area contributed by atoms with Crippen molar-refractivity contribution in [1.82, 2.24) is 15.3 Å². The Hall–Kier alpha value is -0.520. The Bertz CT molecular complexity index is 368. The van der Waals surface area contributed by atoms with E-state index >= 15 is 0 Å². The van der Waals surface area contributed by atoms with Gasteiger partial charge in [0.15, 0.2) is 5.16 Å². The second-order valence-electron chi connectivity index (χ2n) is 4.14. The zero-order chi connectivity index (χ0) is 12.1. The van der Waals surface area contributed by atoms with E-state index in [0.717, 1.165) is 31.4 Å². The molecule has 94 valence electrons. The Balaban J connectivity index is 1.91. The molecule has 1 aliphatic rings. The Labute approximate surface area is 111 Å². The lowest BCUT2D eigenvalue weighted by molar-refractivity contribution is 0.389. The fourth-order valence-corrected chi connectivity index (χ4v) is 2.53. The number of nitrogens with zero attached hydrogens (tertiary/aromatic N) is 2. The number of anilines is 1. The molecule has 1 saturated heterocycles. The lowest BCUT2D eigenvalue weighted by Gasteiger charge is -2.23. The first-order chi connectivity index (χ1) is 8.28. The van der Waals surface area contributed by atoms with Crippen LogP contribution in [-0.2, 0) is 0 Å². The summed E-state index contributed by atoms with van der Waals surface area (Å²) in [4.78, 5) is 8.49. The summed E-state index contributed by atoms with van der Waals surface area (Å²) in [5.41, 5.74) is 0. The van der Waals surface area contributed by atoms with Crippen LogP contribution in [0, 0.1) is 5.92 Å². The van der Waals surface area contributed by atoms with Crippen LogP contribution in [0.25, 0.3) is 0 Å². The zero-order valence-corrected chi connectivity index (χ0v) is 11.4. The van der Waals surface area contributed by atoms with Gasteiger partial charge in [-0.1, -0.05) is 23.4 Å². The summed E-state index contributed by atoms with van der Waals surface area (Å²) in [5, 5.41) is 7.93. The first kappa shape index (κ1) is 12.9. The molecule has 0 aliphatic carbocycles. The Morgan fingerprint density at radius 2 is 2.24 bits per heavy atom. The summed E-state index contributed by atoms with van der Waals surface area (Å²) < 4.78 is 0. The standard InChI is InChI=1S/C11H17ClN4S/c1-17-11-15-9(12)6-10(16-11)14-7-8-2-4-13-5-3-8/h6,8,13H,2-5,7H2,1H3,(H,14,15,16). The van der Waals surface area contributed by atoms with E-state index in [9.17, 15) is 0 Å². The van der Waals surface area contributed by atoms with Crippen molar-refractivity contribution in [3.05, 3.63) is 11.2 Å². The molecule has 1 aliphatic heterocycles. The highest BCUT2D eigenvalue weighted by Gasteiger charge is 2.13. The molecule has 0 unspecified atom stereocenters. The number of aromatic nitrogens is 2. The maximum atomic E-state index is 5.94. The fraction of sp³-hybridized carbons (Fsp3) is 0.636. The topological polar surface area (TPSA) is 49.8 Å². The van der Waals surface area contributed by atoms with Crippen molar-refractivity contribution in [3.8, 4) is 0 Å². The fourth-order valence-electron chi connectivity index (χ4n) is 1.91. The second kappa shape index (κ2) is 6.42. The molecule has 2 N–H and O–H groups in total. The van der Waals surface area contributed by atoms with Gasteiger partial charge in [-0.05, 0) is 38.1 Å². The third-order valence-corrected chi connectivity index (χ3v) is 3.63. The maximum Gasteiger partial charge on any atom is 0.190 e. The lowest BCUT2D eigenvalue weighted by Crippen LogP contribution is -2.31. The number of halogens is 1. The molecule has 4 nitrogen and oxygen atoms in total. The summed E-state index contributed by atoms with van der Waals surface area (Å²) in [6.45, 7) is 3.20. The normalized spacial score (nSPS) is 17.1. The van der Waals surface area contributed by atoms with Gasteiger partial charge in [-0.3, -0.25) is 0 Å². The zero-order valence-electron chi connectivity index (χ0n) is 9.87. The van der Waals surface area contributed by atoms with Gasteiger partial charge in [0, 0.05) is 12.6 Å². The molecule has 0 radical (unpaired) electrons. The van der Waals surface area contributed by atoms with E-state index in [1.165, 1.54) is 24.6 Å². The van der Waals surface area contributed by atoms with Crippen LogP contribution in [0.2, 0.25) is 5.15 Å². The van der Waals surface area contributed by atoms with Gasteiger partial charge in [-0.25, -0.2) is 9.97 Å². The minimum Gasteiger partial charge on any atom is -0.370 e. The minimum atomic E-state index is 0.497. The highest BCUT2D eigenvalue weighted by atomic mass is 35.5. The maximum absolute atomic E-state index is 5.94. The quantitative estimate of drug-likeness (QED) is 0.500. The van der Waals surface area contributed by atoms with Crippen LogP contribution in [0.15, 0.2) is 11.2 Å². The third kappa shape index (κ3) is 4.01. The molecule has 0 aromatic carbocycles. The van der Waals surface area contributed by atoms with Crippen molar-refractivity contribution < 1.29 is 0 Å². The molecular formula is C11H17ClN4S. The molecule has 2 rings (SSSR count). The number of piperidine rings is 1.